The number of carboxylic acid groups (broad SMARTS) is 1. The van der Waals surface area contributed by atoms with Gasteiger partial charge in [-0.05, 0) is 38.8 Å². The van der Waals surface area contributed by atoms with E-state index in [9.17, 15) is 4.79 Å². The fourth-order valence-corrected chi connectivity index (χ4v) is 3.08. The number of carbonyl (C=O) groups is 1. The Bertz CT molecular complexity index is 750. The molecule has 0 spiro atoms. The first-order chi connectivity index (χ1) is 11.5. The first kappa shape index (κ1) is 16.3. The molecule has 126 valence electrons. The fourth-order valence-electron chi connectivity index (χ4n) is 3.08. The highest BCUT2D eigenvalue weighted by Gasteiger charge is 2.29. The highest BCUT2D eigenvalue weighted by molar-refractivity contribution is 5.66. The summed E-state index contributed by atoms with van der Waals surface area (Å²) < 4.78 is 0. The van der Waals surface area contributed by atoms with Gasteiger partial charge in [-0.15, -0.1) is 0 Å². The summed E-state index contributed by atoms with van der Waals surface area (Å²) >= 11 is 0. The van der Waals surface area contributed by atoms with Crippen molar-refractivity contribution in [2.45, 2.75) is 45.6 Å². The summed E-state index contributed by atoms with van der Waals surface area (Å²) in [6, 6.07) is 3.84. The van der Waals surface area contributed by atoms with E-state index in [1.165, 1.54) is 0 Å². The average Bonchev–Trinajstić information content (AvgIpc) is 3.02. The van der Waals surface area contributed by atoms with Crippen LogP contribution >= 0.6 is 0 Å². The quantitative estimate of drug-likeness (QED) is 0.900. The molecule has 1 fully saturated rings. The van der Waals surface area contributed by atoms with Crippen LogP contribution < -0.4 is 4.90 Å². The number of aryl methyl sites for hydroxylation is 3. The lowest BCUT2D eigenvalue weighted by molar-refractivity contribution is -0.136. The third kappa shape index (κ3) is 3.67. The molecule has 0 aliphatic carbocycles. The molecule has 3 rings (SSSR count). The van der Waals surface area contributed by atoms with E-state index in [0.717, 1.165) is 48.2 Å². The van der Waals surface area contributed by atoms with Gasteiger partial charge in [0.25, 0.3) is 0 Å². The van der Waals surface area contributed by atoms with Crippen LogP contribution in [0.1, 0.15) is 48.3 Å². The van der Waals surface area contributed by atoms with Gasteiger partial charge in [0.2, 0.25) is 0 Å². The van der Waals surface area contributed by atoms with Crippen molar-refractivity contribution in [1.82, 2.24) is 19.9 Å². The first-order valence-corrected chi connectivity index (χ1v) is 8.15. The summed E-state index contributed by atoms with van der Waals surface area (Å²) in [6.45, 7) is 4.70. The van der Waals surface area contributed by atoms with Crippen LogP contribution in [0, 0.1) is 13.8 Å². The van der Waals surface area contributed by atoms with Crippen molar-refractivity contribution in [3.05, 3.63) is 41.4 Å². The largest absolute Gasteiger partial charge is 0.481 e. The molecular formula is C17H21N5O2. The summed E-state index contributed by atoms with van der Waals surface area (Å²) in [7, 11) is 0. The number of anilines is 1. The minimum absolute atomic E-state index is 0.0720. The zero-order valence-corrected chi connectivity index (χ0v) is 13.9. The van der Waals surface area contributed by atoms with Gasteiger partial charge < -0.3 is 10.0 Å². The van der Waals surface area contributed by atoms with Gasteiger partial charge in [0.15, 0.2) is 5.82 Å². The number of rotatable bonds is 5. The maximum absolute atomic E-state index is 10.8. The minimum atomic E-state index is -0.813. The number of hydrogen-bond acceptors (Lipinski definition) is 6. The predicted molar refractivity (Wildman–Crippen MR) is 88.8 cm³/mol. The van der Waals surface area contributed by atoms with E-state index in [-0.39, 0.29) is 12.5 Å². The summed E-state index contributed by atoms with van der Waals surface area (Å²) in [5.74, 6) is 1.57. The van der Waals surface area contributed by atoms with Crippen LogP contribution in [0.25, 0.3) is 0 Å². The molecule has 0 unspecified atom stereocenters. The van der Waals surface area contributed by atoms with Gasteiger partial charge in [0.05, 0.1) is 12.5 Å². The maximum Gasteiger partial charge on any atom is 0.303 e. The highest BCUT2D eigenvalue weighted by Crippen LogP contribution is 2.33. The Balaban J connectivity index is 1.88. The molecule has 7 nitrogen and oxygen atoms in total. The summed E-state index contributed by atoms with van der Waals surface area (Å²) in [4.78, 5) is 30.9. The standard InChI is InChI=1S/C17H21N5O2/c1-11-10-13(5-6-16(23)24)21-17(19-11)14-4-3-9-22(14)15-7-8-18-12(2)20-15/h7-8,10,14H,3-6,9H2,1-2H3,(H,23,24)/t14-/m1/s1. The van der Waals surface area contributed by atoms with Gasteiger partial charge in [-0.1, -0.05) is 0 Å². The molecule has 1 aliphatic rings. The summed E-state index contributed by atoms with van der Waals surface area (Å²) in [6.07, 6.45) is 4.28. The van der Waals surface area contributed by atoms with E-state index in [0.29, 0.717) is 6.42 Å². The number of aliphatic carboxylic acids is 1. The second-order valence-electron chi connectivity index (χ2n) is 6.07. The number of aromatic nitrogens is 4. The van der Waals surface area contributed by atoms with E-state index in [1.807, 2.05) is 26.0 Å². The number of hydrogen-bond donors (Lipinski definition) is 1. The zero-order valence-electron chi connectivity index (χ0n) is 13.9. The molecule has 0 saturated carbocycles. The molecule has 2 aromatic rings. The molecule has 0 radical (unpaired) electrons. The van der Waals surface area contributed by atoms with Gasteiger partial charge in [-0.2, -0.15) is 0 Å². The molecule has 1 N–H and O–H groups in total. The molecule has 1 saturated heterocycles. The van der Waals surface area contributed by atoms with Crippen LogP contribution in [-0.2, 0) is 11.2 Å². The zero-order chi connectivity index (χ0) is 17.1. The Morgan fingerprint density at radius 2 is 2.17 bits per heavy atom. The van der Waals surface area contributed by atoms with Crippen LogP contribution in [0.2, 0.25) is 0 Å². The average molecular weight is 327 g/mol. The normalized spacial score (nSPS) is 17.2. The van der Waals surface area contributed by atoms with Crippen molar-refractivity contribution >= 4 is 11.8 Å². The van der Waals surface area contributed by atoms with Crippen LogP contribution in [0.3, 0.4) is 0 Å². The molecule has 0 aromatic carbocycles. The van der Waals surface area contributed by atoms with E-state index < -0.39 is 5.97 Å². The van der Waals surface area contributed by atoms with Crippen molar-refractivity contribution in [1.29, 1.82) is 0 Å². The van der Waals surface area contributed by atoms with Crippen LogP contribution in [0.4, 0.5) is 5.82 Å². The predicted octanol–water partition coefficient (Wildman–Crippen LogP) is 2.24. The Kier molecular flexibility index (Phi) is 4.69. The lowest BCUT2D eigenvalue weighted by atomic mass is 10.1. The number of carboxylic acids is 1. The molecule has 0 bridgehead atoms. The van der Waals surface area contributed by atoms with Gasteiger partial charge in [0.1, 0.15) is 11.6 Å². The van der Waals surface area contributed by atoms with E-state index in [2.05, 4.69) is 24.8 Å². The smallest absolute Gasteiger partial charge is 0.303 e. The SMILES string of the molecule is Cc1cc(CCC(=O)O)nc([C@H]2CCCN2c2ccnc(C)n2)n1. The van der Waals surface area contributed by atoms with E-state index in [4.69, 9.17) is 5.11 Å². The second-order valence-corrected chi connectivity index (χ2v) is 6.07. The van der Waals surface area contributed by atoms with Crippen LogP contribution in [0.5, 0.6) is 0 Å². The van der Waals surface area contributed by atoms with Crippen LogP contribution in [-0.4, -0.2) is 37.6 Å². The minimum Gasteiger partial charge on any atom is -0.481 e. The monoisotopic (exact) mass is 327 g/mol. The number of nitrogens with zero attached hydrogens (tertiary/aromatic N) is 5. The first-order valence-electron chi connectivity index (χ1n) is 8.15. The Hall–Kier alpha value is -2.57. The molecule has 3 heterocycles. The second kappa shape index (κ2) is 6.90. The molecule has 0 amide bonds. The fraction of sp³-hybridized carbons (Fsp3) is 0.471. The third-order valence-corrected chi connectivity index (χ3v) is 4.13. The lowest BCUT2D eigenvalue weighted by Gasteiger charge is -2.25. The lowest BCUT2D eigenvalue weighted by Crippen LogP contribution is -2.26. The van der Waals surface area contributed by atoms with Crippen molar-refractivity contribution in [3.63, 3.8) is 0 Å². The molecule has 1 atom stereocenters. The van der Waals surface area contributed by atoms with E-state index >= 15 is 0 Å². The highest BCUT2D eigenvalue weighted by atomic mass is 16.4. The summed E-state index contributed by atoms with van der Waals surface area (Å²) in [5, 5.41) is 8.88. The molecule has 24 heavy (non-hydrogen) atoms. The Labute approximate surface area is 140 Å². The van der Waals surface area contributed by atoms with Crippen LogP contribution in [0.15, 0.2) is 18.3 Å². The Morgan fingerprint density at radius 3 is 2.92 bits per heavy atom. The molecule has 2 aromatic heterocycles. The van der Waals surface area contributed by atoms with Gasteiger partial charge in [-0.3, -0.25) is 4.79 Å². The van der Waals surface area contributed by atoms with Crippen molar-refractivity contribution in [2.24, 2.45) is 0 Å². The van der Waals surface area contributed by atoms with Crippen molar-refractivity contribution in [3.8, 4) is 0 Å². The molecule has 1 aliphatic heterocycles. The maximum atomic E-state index is 10.8. The third-order valence-electron chi connectivity index (χ3n) is 4.13. The molecular weight excluding hydrogens is 306 g/mol. The van der Waals surface area contributed by atoms with Crippen molar-refractivity contribution in [2.75, 3.05) is 11.4 Å². The topological polar surface area (TPSA) is 92.1 Å². The Morgan fingerprint density at radius 1 is 1.33 bits per heavy atom. The van der Waals surface area contributed by atoms with E-state index in [1.54, 1.807) is 6.20 Å². The van der Waals surface area contributed by atoms with Gasteiger partial charge >= 0.3 is 5.97 Å². The van der Waals surface area contributed by atoms with Gasteiger partial charge in [-0.25, -0.2) is 19.9 Å². The van der Waals surface area contributed by atoms with Gasteiger partial charge in [0, 0.05) is 30.6 Å². The van der Waals surface area contributed by atoms with Crippen molar-refractivity contribution < 1.29 is 9.90 Å². The summed E-state index contributed by atoms with van der Waals surface area (Å²) in [5.41, 5.74) is 1.65. The molecule has 7 heteroatoms.